The number of hydrogen-bond donors (Lipinski definition) is 1. The van der Waals surface area contributed by atoms with Gasteiger partial charge in [0.2, 0.25) is 0 Å². The molecule has 0 amide bonds. The summed E-state index contributed by atoms with van der Waals surface area (Å²) in [6, 6.07) is 6.71. The molecule has 3 aromatic rings. The number of halogens is 2. The highest BCUT2D eigenvalue weighted by molar-refractivity contribution is 6.33. The summed E-state index contributed by atoms with van der Waals surface area (Å²) in [5.41, 5.74) is 0.760. The molecule has 0 bridgehead atoms. The highest BCUT2D eigenvalue weighted by Crippen LogP contribution is 2.45. The maximum Gasteiger partial charge on any atom is 0.270 e. The van der Waals surface area contributed by atoms with Crippen molar-refractivity contribution in [3.63, 3.8) is 0 Å². The molecule has 34 heavy (non-hydrogen) atoms. The molecule has 0 unspecified atom stereocenters. The van der Waals surface area contributed by atoms with Crippen molar-refractivity contribution in [2.75, 3.05) is 34.4 Å². The molecule has 4 rings (SSSR count). The fraction of sp³-hybridized carbons (Fsp3) is 0.348. The van der Waals surface area contributed by atoms with Crippen molar-refractivity contribution in [1.82, 2.24) is 4.90 Å². The van der Waals surface area contributed by atoms with Crippen LogP contribution in [0.4, 0.5) is 5.69 Å². The second kappa shape index (κ2) is 10.2. The zero-order valence-corrected chi connectivity index (χ0v) is 20.3. The van der Waals surface area contributed by atoms with Crippen LogP contribution in [-0.2, 0) is 0 Å². The van der Waals surface area contributed by atoms with Crippen molar-refractivity contribution in [1.29, 1.82) is 0 Å². The Morgan fingerprint density at radius 2 is 1.94 bits per heavy atom. The fourth-order valence-electron chi connectivity index (χ4n) is 4.54. The van der Waals surface area contributed by atoms with E-state index in [4.69, 9.17) is 25.5 Å². The van der Waals surface area contributed by atoms with Crippen LogP contribution < -0.4 is 14.9 Å². The zero-order chi connectivity index (χ0) is 23.9. The molecule has 11 heteroatoms. The van der Waals surface area contributed by atoms with E-state index in [0.717, 1.165) is 13.0 Å². The van der Waals surface area contributed by atoms with Gasteiger partial charge in [-0.3, -0.25) is 14.9 Å². The van der Waals surface area contributed by atoms with Crippen LogP contribution in [-0.4, -0.2) is 55.4 Å². The van der Waals surface area contributed by atoms with Crippen LogP contribution in [0.25, 0.3) is 22.3 Å². The number of nitrogens with zero attached hydrogens (tertiary/aromatic N) is 2. The monoisotopic (exact) mass is 510 g/mol. The van der Waals surface area contributed by atoms with Crippen molar-refractivity contribution in [3.8, 4) is 22.8 Å². The number of hydrogen-bond acceptors (Lipinski definition) is 8. The summed E-state index contributed by atoms with van der Waals surface area (Å²) >= 11 is 6.30. The molecule has 1 fully saturated rings. The van der Waals surface area contributed by atoms with Gasteiger partial charge in [0, 0.05) is 47.4 Å². The first-order valence-electron chi connectivity index (χ1n) is 10.3. The second-order valence-electron chi connectivity index (χ2n) is 7.92. The van der Waals surface area contributed by atoms with E-state index in [0.29, 0.717) is 22.6 Å². The Hall–Kier alpha value is -2.85. The summed E-state index contributed by atoms with van der Waals surface area (Å²) in [5, 5.41) is 21.4. The van der Waals surface area contributed by atoms with Gasteiger partial charge in [-0.1, -0.05) is 11.6 Å². The first-order chi connectivity index (χ1) is 15.8. The number of non-ortho nitro benzene ring substituents is 1. The van der Waals surface area contributed by atoms with Gasteiger partial charge in [0.15, 0.2) is 5.43 Å². The molecule has 2 heterocycles. The Bertz CT molecular complexity index is 1290. The van der Waals surface area contributed by atoms with Crippen molar-refractivity contribution in [2.45, 2.75) is 18.4 Å². The summed E-state index contributed by atoms with van der Waals surface area (Å²) in [4.78, 5) is 25.8. The van der Waals surface area contributed by atoms with Crippen LogP contribution >= 0.6 is 24.0 Å². The Balaban J connectivity index is 0.00000324. The van der Waals surface area contributed by atoms with Gasteiger partial charge in [-0.2, -0.15) is 0 Å². The second-order valence-corrected chi connectivity index (χ2v) is 8.33. The van der Waals surface area contributed by atoms with Gasteiger partial charge >= 0.3 is 0 Å². The maximum absolute atomic E-state index is 13.2. The van der Waals surface area contributed by atoms with Crippen LogP contribution in [0.2, 0.25) is 5.02 Å². The van der Waals surface area contributed by atoms with Crippen LogP contribution in [0.5, 0.6) is 11.5 Å². The maximum atomic E-state index is 13.2. The molecular formula is C23H24Cl2N2O7. The number of ether oxygens (including phenoxy) is 2. The summed E-state index contributed by atoms with van der Waals surface area (Å²) in [7, 11) is 4.90. The molecule has 1 aliphatic heterocycles. The zero-order valence-electron chi connectivity index (χ0n) is 18.7. The lowest BCUT2D eigenvalue weighted by atomic mass is 9.89. The Labute approximate surface area is 206 Å². The summed E-state index contributed by atoms with van der Waals surface area (Å²) in [6.45, 7) is 0.681. The number of nitro groups is 1. The molecule has 1 aliphatic rings. The minimum Gasteiger partial charge on any atom is -0.496 e. The van der Waals surface area contributed by atoms with E-state index in [1.165, 1.54) is 38.5 Å². The minimum atomic E-state index is -0.550. The molecule has 182 valence electrons. The van der Waals surface area contributed by atoms with Crippen LogP contribution in [0.1, 0.15) is 17.9 Å². The molecule has 0 radical (unpaired) electrons. The van der Waals surface area contributed by atoms with E-state index in [1.807, 2.05) is 7.05 Å². The first-order valence-corrected chi connectivity index (χ1v) is 10.7. The molecule has 1 aromatic heterocycles. The van der Waals surface area contributed by atoms with Gasteiger partial charge in [0.05, 0.1) is 30.8 Å². The molecule has 0 saturated carbocycles. The van der Waals surface area contributed by atoms with Gasteiger partial charge in [-0.15, -0.1) is 12.4 Å². The number of likely N-dealkylation sites (N-methyl/N-ethyl adjacent to an activating group) is 1. The predicted octanol–water partition coefficient (Wildman–Crippen LogP) is 4.24. The van der Waals surface area contributed by atoms with Crippen molar-refractivity contribution in [3.05, 3.63) is 61.3 Å². The topological polar surface area (TPSA) is 115 Å². The molecule has 9 nitrogen and oxygen atoms in total. The molecule has 0 aliphatic carbocycles. The number of aliphatic hydroxyl groups excluding tert-OH is 1. The molecule has 1 saturated heterocycles. The normalized spacial score (nSPS) is 18.0. The standard InChI is InChI=1S/C23H23ClN2O7.ClH/c1-25-7-6-14(16(25)11-27)21-19(31-2)10-20(32-3)22-17(28)9-18(33-23(21)22)13-5-4-12(26(29)30)8-15(13)24;/h4-5,8-10,14,16,27H,6-7,11H2,1-3H3;1H/t14-,16+;/m0./s1. The predicted molar refractivity (Wildman–Crippen MR) is 131 cm³/mol. The molecule has 2 atom stereocenters. The van der Waals surface area contributed by atoms with E-state index in [2.05, 4.69) is 4.90 Å². The molecular weight excluding hydrogens is 487 g/mol. The van der Waals surface area contributed by atoms with E-state index >= 15 is 0 Å². The Morgan fingerprint density at radius 1 is 1.24 bits per heavy atom. The van der Waals surface area contributed by atoms with Crippen LogP contribution in [0.15, 0.2) is 39.5 Å². The van der Waals surface area contributed by atoms with E-state index in [9.17, 15) is 20.0 Å². The van der Waals surface area contributed by atoms with Crippen LogP contribution in [0, 0.1) is 10.1 Å². The van der Waals surface area contributed by atoms with Gasteiger partial charge in [-0.25, -0.2) is 0 Å². The van der Waals surface area contributed by atoms with Crippen LogP contribution in [0.3, 0.4) is 0 Å². The van der Waals surface area contributed by atoms with E-state index in [-0.39, 0.29) is 63.8 Å². The fourth-order valence-corrected chi connectivity index (χ4v) is 4.81. The molecule has 0 spiro atoms. The third-order valence-electron chi connectivity index (χ3n) is 6.22. The Morgan fingerprint density at radius 3 is 2.53 bits per heavy atom. The number of fused-ring (bicyclic) bond motifs is 1. The highest BCUT2D eigenvalue weighted by atomic mass is 35.5. The highest BCUT2D eigenvalue weighted by Gasteiger charge is 2.37. The lowest BCUT2D eigenvalue weighted by Gasteiger charge is -2.25. The van der Waals surface area contributed by atoms with Crippen molar-refractivity contribution >= 4 is 40.7 Å². The minimum absolute atomic E-state index is 0. The van der Waals surface area contributed by atoms with Crippen molar-refractivity contribution in [2.24, 2.45) is 0 Å². The molecule has 2 aromatic carbocycles. The summed E-state index contributed by atoms with van der Waals surface area (Å²) in [5.74, 6) is 0.783. The number of methoxy groups -OCH3 is 2. The average molecular weight is 511 g/mol. The SMILES string of the molecule is COc1cc(OC)c2c(=O)cc(-c3ccc([N+](=O)[O-])cc3Cl)oc2c1[C@H]1CCN(C)[C@@H]1CO.Cl. The molecule has 1 N–H and O–H groups in total. The van der Waals surface area contributed by atoms with Gasteiger partial charge < -0.3 is 23.9 Å². The quantitative estimate of drug-likeness (QED) is 0.386. The lowest BCUT2D eigenvalue weighted by molar-refractivity contribution is -0.384. The average Bonchev–Trinajstić information content (AvgIpc) is 3.17. The number of nitro benzene ring substituents is 1. The third-order valence-corrected chi connectivity index (χ3v) is 6.53. The Kier molecular flexibility index (Phi) is 7.72. The smallest absolute Gasteiger partial charge is 0.270 e. The van der Waals surface area contributed by atoms with Gasteiger partial charge in [-0.05, 0) is 26.1 Å². The van der Waals surface area contributed by atoms with E-state index < -0.39 is 4.92 Å². The number of aliphatic hydroxyl groups is 1. The number of benzene rings is 2. The number of likely N-dealkylation sites (tertiary alicyclic amines) is 1. The number of rotatable bonds is 6. The first kappa shape index (κ1) is 25.8. The third kappa shape index (κ3) is 4.32. The van der Waals surface area contributed by atoms with Crippen molar-refractivity contribution < 1.29 is 23.9 Å². The van der Waals surface area contributed by atoms with Gasteiger partial charge in [0.1, 0.15) is 28.2 Å². The lowest BCUT2D eigenvalue weighted by Crippen LogP contribution is -2.32. The largest absolute Gasteiger partial charge is 0.496 e. The van der Waals surface area contributed by atoms with E-state index in [1.54, 1.807) is 6.07 Å². The summed E-state index contributed by atoms with van der Waals surface area (Å²) < 4.78 is 17.3. The summed E-state index contributed by atoms with van der Waals surface area (Å²) in [6.07, 6.45) is 0.728. The van der Waals surface area contributed by atoms with Gasteiger partial charge in [0.25, 0.3) is 5.69 Å².